The second-order valence-electron chi connectivity index (χ2n) is 2.11. The number of rotatable bonds is 2. The summed E-state index contributed by atoms with van der Waals surface area (Å²) in [6.07, 6.45) is 0. The average Bonchev–Trinajstić information content (AvgIpc) is 2.45. The van der Waals surface area contributed by atoms with Crippen LogP contribution in [-0.2, 0) is 4.74 Å². The summed E-state index contributed by atoms with van der Waals surface area (Å²) in [5.41, 5.74) is 0.236. The number of esters is 1. The SMILES string of the molecule is COC(=O)c1c(OC)noc1C. The third kappa shape index (κ3) is 1.25. The summed E-state index contributed by atoms with van der Waals surface area (Å²) >= 11 is 0. The van der Waals surface area contributed by atoms with Crippen molar-refractivity contribution in [3.05, 3.63) is 11.3 Å². The Balaban J connectivity index is 3.10. The molecule has 0 N–H and O–H groups in total. The predicted octanol–water partition coefficient (Wildman–Crippen LogP) is 0.778. The topological polar surface area (TPSA) is 61.6 Å². The molecule has 5 nitrogen and oxygen atoms in total. The number of aryl methyl sites for hydroxylation is 1. The summed E-state index contributed by atoms with van der Waals surface area (Å²) in [5.74, 6) is 0.0312. The first kappa shape index (κ1) is 8.58. The Morgan fingerprint density at radius 2 is 2.17 bits per heavy atom. The summed E-state index contributed by atoms with van der Waals surface area (Å²) in [6, 6.07) is 0. The second kappa shape index (κ2) is 3.25. The number of ether oxygens (including phenoxy) is 2. The molecule has 0 saturated heterocycles. The zero-order chi connectivity index (χ0) is 9.14. The molecule has 12 heavy (non-hydrogen) atoms. The highest BCUT2D eigenvalue weighted by Crippen LogP contribution is 2.20. The van der Waals surface area contributed by atoms with Crippen LogP contribution in [0.2, 0.25) is 0 Å². The molecular formula is C7H9NO4. The van der Waals surface area contributed by atoms with Gasteiger partial charge in [-0.05, 0) is 12.1 Å². The molecule has 0 aliphatic heterocycles. The van der Waals surface area contributed by atoms with E-state index in [0.29, 0.717) is 5.76 Å². The van der Waals surface area contributed by atoms with Crippen LogP contribution in [0, 0.1) is 6.92 Å². The van der Waals surface area contributed by atoms with Crippen LogP contribution in [0.5, 0.6) is 5.88 Å². The molecule has 0 spiro atoms. The zero-order valence-corrected chi connectivity index (χ0v) is 7.08. The standard InChI is InChI=1S/C7H9NO4/c1-4-5(7(9)11-3)6(10-2)8-12-4/h1-3H3. The van der Waals surface area contributed by atoms with Gasteiger partial charge in [-0.2, -0.15) is 0 Å². The molecule has 66 valence electrons. The minimum Gasteiger partial charge on any atom is -0.478 e. The quantitative estimate of drug-likeness (QED) is 0.615. The molecular weight excluding hydrogens is 162 g/mol. The molecule has 0 amide bonds. The van der Waals surface area contributed by atoms with Crippen LogP contribution in [0.25, 0.3) is 0 Å². The molecule has 1 aromatic rings. The predicted molar refractivity (Wildman–Crippen MR) is 39.1 cm³/mol. The van der Waals surface area contributed by atoms with Crippen molar-refractivity contribution in [2.45, 2.75) is 6.92 Å². The van der Waals surface area contributed by atoms with Gasteiger partial charge in [0.05, 0.1) is 14.2 Å². The van der Waals surface area contributed by atoms with Crippen LogP contribution < -0.4 is 4.74 Å². The fourth-order valence-electron chi connectivity index (χ4n) is 0.824. The van der Waals surface area contributed by atoms with E-state index in [4.69, 9.17) is 9.26 Å². The normalized spacial score (nSPS) is 9.58. The average molecular weight is 171 g/mol. The summed E-state index contributed by atoms with van der Waals surface area (Å²) in [4.78, 5) is 11.1. The molecule has 1 heterocycles. The smallest absolute Gasteiger partial charge is 0.347 e. The minimum atomic E-state index is -0.509. The highest BCUT2D eigenvalue weighted by molar-refractivity contribution is 5.92. The van der Waals surface area contributed by atoms with Crippen molar-refractivity contribution >= 4 is 5.97 Å². The van der Waals surface area contributed by atoms with Gasteiger partial charge in [0.2, 0.25) is 0 Å². The second-order valence-corrected chi connectivity index (χ2v) is 2.11. The lowest BCUT2D eigenvalue weighted by Crippen LogP contribution is -2.03. The van der Waals surface area contributed by atoms with E-state index in [1.54, 1.807) is 6.92 Å². The lowest BCUT2D eigenvalue weighted by Gasteiger charge is -1.97. The van der Waals surface area contributed by atoms with Crippen molar-refractivity contribution < 1.29 is 18.8 Å². The van der Waals surface area contributed by atoms with Crippen molar-refractivity contribution in [3.63, 3.8) is 0 Å². The number of carbonyl (C=O) groups is 1. The largest absolute Gasteiger partial charge is 0.478 e. The van der Waals surface area contributed by atoms with E-state index in [9.17, 15) is 4.79 Å². The van der Waals surface area contributed by atoms with E-state index >= 15 is 0 Å². The van der Waals surface area contributed by atoms with Crippen molar-refractivity contribution in [1.29, 1.82) is 0 Å². The van der Waals surface area contributed by atoms with Gasteiger partial charge in [-0.3, -0.25) is 0 Å². The summed E-state index contributed by atoms with van der Waals surface area (Å²) < 4.78 is 14.0. The Bertz CT molecular complexity index is 292. The van der Waals surface area contributed by atoms with Crippen molar-refractivity contribution in [1.82, 2.24) is 5.16 Å². The fraction of sp³-hybridized carbons (Fsp3) is 0.429. The molecule has 0 bridgehead atoms. The molecule has 0 fully saturated rings. The van der Waals surface area contributed by atoms with Gasteiger partial charge in [0.15, 0.2) is 11.3 Å². The van der Waals surface area contributed by atoms with E-state index in [-0.39, 0.29) is 11.4 Å². The monoisotopic (exact) mass is 171 g/mol. The first-order valence-corrected chi connectivity index (χ1v) is 3.29. The van der Waals surface area contributed by atoms with E-state index in [1.807, 2.05) is 0 Å². The molecule has 1 aromatic heterocycles. The maximum Gasteiger partial charge on any atom is 0.347 e. The van der Waals surface area contributed by atoms with Gasteiger partial charge in [-0.25, -0.2) is 4.79 Å². The van der Waals surface area contributed by atoms with Crippen LogP contribution >= 0.6 is 0 Å². The van der Waals surface area contributed by atoms with Gasteiger partial charge in [0.25, 0.3) is 5.88 Å². The Hall–Kier alpha value is -1.52. The highest BCUT2D eigenvalue weighted by atomic mass is 16.5. The van der Waals surface area contributed by atoms with Gasteiger partial charge < -0.3 is 14.0 Å². The number of aromatic nitrogens is 1. The number of hydrogen-bond acceptors (Lipinski definition) is 5. The van der Waals surface area contributed by atoms with Crippen molar-refractivity contribution in [2.75, 3.05) is 14.2 Å². The lowest BCUT2D eigenvalue weighted by atomic mass is 10.3. The van der Waals surface area contributed by atoms with Crippen LogP contribution in [0.3, 0.4) is 0 Å². The number of carbonyl (C=O) groups excluding carboxylic acids is 1. The first-order valence-electron chi connectivity index (χ1n) is 3.29. The van der Waals surface area contributed by atoms with Crippen molar-refractivity contribution in [3.8, 4) is 5.88 Å². The summed E-state index contributed by atoms with van der Waals surface area (Å²) in [7, 11) is 2.69. The Labute approximate surface area is 69.2 Å². The Morgan fingerprint density at radius 1 is 1.50 bits per heavy atom. The maximum absolute atomic E-state index is 11.1. The van der Waals surface area contributed by atoms with E-state index in [0.717, 1.165) is 0 Å². The Kier molecular flexibility index (Phi) is 2.32. The van der Waals surface area contributed by atoms with Crippen molar-refractivity contribution in [2.24, 2.45) is 0 Å². The van der Waals surface area contributed by atoms with Gasteiger partial charge in [0.1, 0.15) is 0 Å². The molecule has 5 heteroatoms. The number of methoxy groups -OCH3 is 2. The zero-order valence-electron chi connectivity index (χ0n) is 7.08. The van der Waals surface area contributed by atoms with Gasteiger partial charge >= 0.3 is 5.97 Å². The van der Waals surface area contributed by atoms with E-state index in [2.05, 4.69) is 9.89 Å². The molecule has 1 rings (SSSR count). The maximum atomic E-state index is 11.1. The van der Waals surface area contributed by atoms with Crippen LogP contribution in [0.15, 0.2) is 4.52 Å². The van der Waals surface area contributed by atoms with Gasteiger partial charge in [-0.15, -0.1) is 0 Å². The molecule has 0 aliphatic carbocycles. The third-order valence-corrected chi connectivity index (χ3v) is 1.41. The van der Waals surface area contributed by atoms with E-state index < -0.39 is 5.97 Å². The summed E-state index contributed by atoms with van der Waals surface area (Å²) in [5, 5.41) is 3.51. The molecule has 0 aliphatic rings. The minimum absolute atomic E-state index is 0.152. The molecule has 0 atom stereocenters. The molecule has 0 radical (unpaired) electrons. The van der Waals surface area contributed by atoms with Gasteiger partial charge in [0, 0.05) is 0 Å². The third-order valence-electron chi connectivity index (χ3n) is 1.41. The molecule has 0 unspecified atom stereocenters. The number of hydrogen-bond donors (Lipinski definition) is 0. The van der Waals surface area contributed by atoms with E-state index in [1.165, 1.54) is 14.2 Å². The van der Waals surface area contributed by atoms with Crippen LogP contribution in [0.4, 0.5) is 0 Å². The summed E-state index contributed by atoms with van der Waals surface area (Å²) in [6.45, 7) is 1.61. The number of nitrogens with zero attached hydrogens (tertiary/aromatic N) is 1. The molecule has 0 saturated carbocycles. The Morgan fingerprint density at radius 3 is 2.67 bits per heavy atom. The van der Waals surface area contributed by atoms with Crippen LogP contribution in [0.1, 0.15) is 16.1 Å². The highest BCUT2D eigenvalue weighted by Gasteiger charge is 2.21. The first-order chi connectivity index (χ1) is 5.70. The van der Waals surface area contributed by atoms with Crippen LogP contribution in [-0.4, -0.2) is 25.3 Å². The fourth-order valence-corrected chi connectivity index (χ4v) is 0.824. The van der Waals surface area contributed by atoms with Gasteiger partial charge in [-0.1, -0.05) is 0 Å². The lowest BCUT2D eigenvalue weighted by molar-refractivity contribution is 0.0595. The molecule has 0 aromatic carbocycles.